The van der Waals surface area contributed by atoms with Crippen LogP contribution in [0.3, 0.4) is 0 Å². The SMILES string of the molecule is C=CCn1c(=NC(=O)c2cccc([N+](=O)[O-])c2)sc2cc(Br)ccc21. The smallest absolute Gasteiger partial charge is 0.279 e. The highest BCUT2D eigenvalue weighted by atomic mass is 79.9. The lowest BCUT2D eigenvalue weighted by Crippen LogP contribution is -2.16. The van der Waals surface area contributed by atoms with Gasteiger partial charge in [-0.1, -0.05) is 39.4 Å². The van der Waals surface area contributed by atoms with Crippen LogP contribution < -0.4 is 4.80 Å². The van der Waals surface area contributed by atoms with Crippen molar-refractivity contribution in [2.75, 3.05) is 0 Å². The van der Waals surface area contributed by atoms with Crippen molar-refractivity contribution in [2.45, 2.75) is 6.54 Å². The molecule has 0 spiro atoms. The Morgan fingerprint density at radius 1 is 1.36 bits per heavy atom. The number of nitro benzene ring substituents is 1. The van der Waals surface area contributed by atoms with Crippen LogP contribution in [0.1, 0.15) is 10.4 Å². The molecule has 1 aromatic heterocycles. The van der Waals surface area contributed by atoms with Crippen molar-refractivity contribution in [3.63, 3.8) is 0 Å². The van der Waals surface area contributed by atoms with E-state index in [-0.39, 0.29) is 11.3 Å². The van der Waals surface area contributed by atoms with Gasteiger partial charge in [0.25, 0.3) is 11.6 Å². The average molecular weight is 418 g/mol. The van der Waals surface area contributed by atoms with Gasteiger partial charge in [0.2, 0.25) is 0 Å². The molecule has 25 heavy (non-hydrogen) atoms. The fourth-order valence-electron chi connectivity index (χ4n) is 2.34. The molecule has 0 fully saturated rings. The molecule has 0 saturated heterocycles. The van der Waals surface area contributed by atoms with Gasteiger partial charge >= 0.3 is 0 Å². The molecule has 0 aliphatic heterocycles. The number of nitrogens with zero attached hydrogens (tertiary/aromatic N) is 3. The molecule has 6 nitrogen and oxygen atoms in total. The third-order valence-electron chi connectivity index (χ3n) is 3.46. The third-order valence-corrected chi connectivity index (χ3v) is 4.99. The second kappa shape index (κ2) is 7.12. The minimum Gasteiger partial charge on any atom is -0.312 e. The third kappa shape index (κ3) is 3.59. The van der Waals surface area contributed by atoms with E-state index in [1.165, 1.54) is 35.6 Å². The number of amides is 1. The van der Waals surface area contributed by atoms with Crippen LogP contribution in [0, 0.1) is 10.1 Å². The molecule has 0 N–H and O–H groups in total. The molecule has 126 valence electrons. The first kappa shape index (κ1) is 17.2. The lowest BCUT2D eigenvalue weighted by atomic mass is 10.2. The van der Waals surface area contributed by atoms with Crippen molar-refractivity contribution in [1.29, 1.82) is 0 Å². The predicted molar refractivity (Wildman–Crippen MR) is 101 cm³/mol. The summed E-state index contributed by atoms with van der Waals surface area (Å²) in [5.41, 5.74) is 0.983. The predicted octanol–water partition coefficient (Wildman–Crippen LogP) is 4.30. The Labute approximate surface area is 155 Å². The number of benzene rings is 2. The zero-order valence-corrected chi connectivity index (χ0v) is 15.3. The van der Waals surface area contributed by atoms with Crippen molar-refractivity contribution < 1.29 is 9.72 Å². The van der Waals surface area contributed by atoms with Crippen molar-refractivity contribution >= 4 is 49.1 Å². The molecule has 1 heterocycles. The number of hydrogen-bond donors (Lipinski definition) is 0. The largest absolute Gasteiger partial charge is 0.312 e. The van der Waals surface area contributed by atoms with E-state index < -0.39 is 10.8 Å². The summed E-state index contributed by atoms with van der Waals surface area (Å²) in [6.45, 7) is 4.24. The standard InChI is InChI=1S/C17H12BrN3O3S/c1-2-8-20-14-7-6-12(18)10-15(14)25-17(20)19-16(22)11-4-3-5-13(9-11)21(23)24/h2-7,9-10H,1,8H2. The van der Waals surface area contributed by atoms with Crippen LogP contribution in [0.2, 0.25) is 0 Å². The summed E-state index contributed by atoms with van der Waals surface area (Å²) in [6.07, 6.45) is 1.73. The molecule has 0 aliphatic carbocycles. The van der Waals surface area contributed by atoms with Gasteiger partial charge in [-0.3, -0.25) is 14.9 Å². The van der Waals surface area contributed by atoms with Gasteiger partial charge < -0.3 is 4.57 Å². The Hall–Kier alpha value is -2.58. The number of non-ortho nitro benzene ring substituents is 1. The summed E-state index contributed by atoms with van der Waals surface area (Å²) in [7, 11) is 0. The van der Waals surface area contributed by atoms with E-state index in [1.54, 1.807) is 6.08 Å². The normalized spacial score (nSPS) is 11.6. The molecule has 0 bridgehead atoms. The average Bonchev–Trinajstić information content (AvgIpc) is 2.91. The number of rotatable bonds is 4. The summed E-state index contributed by atoms with van der Waals surface area (Å²) in [6, 6.07) is 11.4. The van der Waals surface area contributed by atoms with Gasteiger partial charge in [-0.05, 0) is 24.3 Å². The van der Waals surface area contributed by atoms with Gasteiger partial charge in [0.1, 0.15) is 0 Å². The van der Waals surface area contributed by atoms with Gasteiger partial charge in [0, 0.05) is 28.7 Å². The second-order valence-corrected chi connectivity index (χ2v) is 7.05. The molecule has 0 atom stereocenters. The second-order valence-electron chi connectivity index (χ2n) is 5.12. The van der Waals surface area contributed by atoms with Crippen LogP contribution in [-0.4, -0.2) is 15.4 Å². The Balaban J connectivity index is 2.12. The number of carbonyl (C=O) groups excluding carboxylic acids is 1. The van der Waals surface area contributed by atoms with E-state index in [9.17, 15) is 14.9 Å². The summed E-state index contributed by atoms with van der Waals surface area (Å²) in [5.74, 6) is -0.521. The Morgan fingerprint density at radius 3 is 2.88 bits per heavy atom. The molecule has 0 aliphatic rings. The van der Waals surface area contributed by atoms with E-state index in [1.807, 2.05) is 22.8 Å². The fourth-order valence-corrected chi connectivity index (χ4v) is 3.93. The first-order chi connectivity index (χ1) is 12.0. The van der Waals surface area contributed by atoms with Crippen LogP contribution in [0.5, 0.6) is 0 Å². The highest BCUT2D eigenvalue weighted by Gasteiger charge is 2.12. The maximum absolute atomic E-state index is 12.5. The number of aromatic nitrogens is 1. The maximum Gasteiger partial charge on any atom is 0.279 e. The number of allylic oxidation sites excluding steroid dienone is 1. The molecule has 3 aromatic rings. The zero-order valence-electron chi connectivity index (χ0n) is 12.9. The molecule has 0 saturated carbocycles. The van der Waals surface area contributed by atoms with Gasteiger partial charge in [-0.25, -0.2) is 0 Å². The summed E-state index contributed by atoms with van der Waals surface area (Å²) >= 11 is 4.81. The number of carbonyl (C=O) groups is 1. The summed E-state index contributed by atoms with van der Waals surface area (Å²) in [4.78, 5) is 27.5. The zero-order chi connectivity index (χ0) is 18.0. The minimum absolute atomic E-state index is 0.139. The van der Waals surface area contributed by atoms with Gasteiger partial charge in [-0.2, -0.15) is 4.99 Å². The number of halogens is 1. The van der Waals surface area contributed by atoms with E-state index in [4.69, 9.17) is 0 Å². The van der Waals surface area contributed by atoms with Crippen molar-refractivity contribution in [3.05, 3.63) is 80.1 Å². The lowest BCUT2D eigenvalue weighted by Gasteiger charge is -2.01. The monoisotopic (exact) mass is 417 g/mol. The van der Waals surface area contributed by atoms with Crippen molar-refractivity contribution in [3.8, 4) is 0 Å². The maximum atomic E-state index is 12.5. The first-order valence-corrected chi connectivity index (χ1v) is 8.84. The van der Waals surface area contributed by atoms with Crippen LogP contribution in [-0.2, 0) is 6.54 Å². The highest BCUT2D eigenvalue weighted by molar-refractivity contribution is 9.10. The summed E-state index contributed by atoms with van der Waals surface area (Å²) in [5, 5.41) is 10.9. The Kier molecular flexibility index (Phi) is 4.91. The summed E-state index contributed by atoms with van der Waals surface area (Å²) < 4.78 is 3.79. The molecular formula is C17H12BrN3O3S. The number of fused-ring (bicyclic) bond motifs is 1. The van der Waals surface area contributed by atoms with E-state index >= 15 is 0 Å². The molecule has 3 rings (SSSR count). The van der Waals surface area contributed by atoms with Crippen LogP contribution >= 0.6 is 27.3 Å². The lowest BCUT2D eigenvalue weighted by molar-refractivity contribution is -0.384. The van der Waals surface area contributed by atoms with E-state index in [0.717, 1.165) is 14.7 Å². The molecular weight excluding hydrogens is 406 g/mol. The van der Waals surface area contributed by atoms with E-state index in [0.29, 0.717) is 11.3 Å². The molecule has 2 aromatic carbocycles. The number of hydrogen-bond acceptors (Lipinski definition) is 4. The Morgan fingerprint density at radius 2 is 2.16 bits per heavy atom. The first-order valence-electron chi connectivity index (χ1n) is 7.23. The molecule has 0 radical (unpaired) electrons. The topological polar surface area (TPSA) is 77.5 Å². The molecule has 1 amide bonds. The van der Waals surface area contributed by atoms with Crippen LogP contribution in [0.4, 0.5) is 5.69 Å². The van der Waals surface area contributed by atoms with Gasteiger partial charge in [0.15, 0.2) is 4.80 Å². The molecule has 8 heteroatoms. The Bertz CT molecular complexity index is 1070. The number of thiazole rings is 1. The van der Waals surface area contributed by atoms with Gasteiger partial charge in [0.05, 0.1) is 15.1 Å². The number of nitro groups is 1. The van der Waals surface area contributed by atoms with Gasteiger partial charge in [-0.15, -0.1) is 6.58 Å². The van der Waals surface area contributed by atoms with Crippen LogP contribution in [0.15, 0.2) is 64.6 Å². The highest BCUT2D eigenvalue weighted by Crippen LogP contribution is 2.22. The van der Waals surface area contributed by atoms with Crippen molar-refractivity contribution in [2.24, 2.45) is 4.99 Å². The minimum atomic E-state index is -0.536. The quantitative estimate of drug-likeness (QED) is 0.360. The molecule has 0 unspecified atom stereocenters. The van der Waals surface area contributed by atoms with E-state index in [2.05, 4.69) is 27.5 Å². The van der Waals surface area contributed by atoms with Crippen molar-refractivity contribution in [1.82, 2.24) is 4.57 Å². The van der Waals surface area contributed by atoms with Crippen LogP contribution in [0.25, 0.3) is 10.2 Å². The fraction of sp³-hybridized carbons (Fsp3) is 0.0588.